The van der Waals surface area contributed by atoms with Crippen LogP contribution in [-0.4, -0.2) is 52.3 Å². The van der Waals surface area contributed by atoms with E-state index in [4.69, 9.17) is 0 Å². The Hall–Kier alpha value is -1.59. The molecule has 0 unspecified atom stereocenters. The molecule has 6 heteroatoms. The number of guanidine groups is 1. The summed E-state index contributed by atoms with van der Waals surface area (Å²) in [5, 5.41) is 12.4. The van der Waals surface area contributed by atoms with Gasteiger partial charge in [0.1, 0.15) is 11.6 Å². The van der Waals surface area contributed by atoms with Crippen molar-refractivity contribution in [2.75, 3.05) is 26.7 Å². The van der Waals surface area contributed by atoms with Crippen molar-refractivity contribution in [2.24, 2.45) is 10.4 Å². The highest BCUT2D eigenvalue weighted by Crippen LogP contribution is 2.45. The van der Waals surface area contributed by atoms with Crippen molar-refractivity contribution in [3.8, 4) is 0 Å². The zero-order valence-corrected chi connectivity index (χ0v) is 15.6. The minimum atomic E-state index is 0.585. The molecule has 0 bridgehead atoms. The van der Waals surface area contributed by atoms with Crippen LogP contribution >= 0.6 is 0 Å². The van der Waals surface area contributed by atoms with Crippen LogP contribution in [0.3, 0.4) is 0 Å². The van der Waals surface area contributed by atoms with Crippen LogP contribution in [0.25, 0.3) is 0 Å². The summed E-state index contributed by atoms with van der Waals surface area (Å²) in [6, 6.07) is 0. The summed E-state index contributed by atoms with van der Waals surface area (Å²) in [6.07, 6.45) is 12.8. The molecule has 1 spiro atoms. The lowest BCUT2D eigenvalue weighted by Crippen LogP contribution is -2.41. The van der Waals surface area contributed by atoms with Gasteiger partial charge in [-0.2, -0.15) is 0 Å². The molecule has 0 aromatic carbocycles. The topological polar surface area (TPSA) is 58.3 Å². The summed E-state index contributed by atoms with van der Waals surface area (Å²) in [6.45, 7) is 4.31. The van der Waals surface area contributed by atoms with Crippen LogP contribution in [0.5, 0.6) is 0 Å². The summed E-state index contributed by atoms with van der Waals surface area (Å²) in [5.41, 5.74) is 0.585. The molecule has 0 amide bonds. The van der Waals surface area contributed by atoms with E-state index in [1.54, 1.807) is 0 Å². The fraction of sp³-hybridized carbons (Fsp3) is 0.842. The Morgan fingerprint density at radius 3 is 2.80 bits per heavy atom. The molecule has 3 heterocycles. The molecule has 1 saturated heterocycles. The van der Waals surface area contributed by atoms with Crippen LogP contribution in [-0.2, 0) is 19.4 Å². The molecule has 0 atom stereocenters. The second-order valence-corrected chi connectivity index (χ2v) is 8.10. The fourth-order valence-corrected chi connectivity index (χ4v) is 5.00. The van der Waals surface area contributed by atoms with Crippen LogP contribution < -0.4 is 5.32 Å². The number of nitrogens with one attached hydrogen (secondary N) is 1. The van der Waals surface area contributed by atoms with Gasteiger partial charge in [-0.1, -0.05) is 19.3 Å². The van der Waals surface area contributed by atoms with E-state index in [0.29, 0.717) is 5.41 Å². The maximum atomic E-state index is 4.53. The van der Waals surface area contributed by atoms with Crippen molar-refractivity contribution >= 4 is 5.96 Å². The zero-order chi connectivity index (χ0) is 17.1. The van der Waals surface area contributed by atoms with Crippen molar-refractivity contribution in [3.05, 3.63) is 11.6 Å². The Bertz CT molecular complexity index is 613. The lowest BCUT2D eigenvalue weighted by Gasteiger charge is -2.25. The third kappa shape index (κ3) is 3.53. The molecule has 2 aliphatic heterocycles. The fourth-order valence-electron chi connectivity index (χ4n) is 5.00. The summed E-state index contributed by atoms with van der Waals surface area (Å²) >= 11 is 0. The minimum absolute atomic E-state index is 0.585. The van der Waals surface area contributed by atoms with Crippen LogP contribution in [0.4, 0.5) is 0 Å². The highest BCUT2D eigenvalue weighted by Gasteiger charge is 2.41. The number of hydrogen-bond acceptors (Lipinski definition) is 3. The maximum absolute atomic E-state index is 4.53. The van der Waals surface area contributed by atoms with Crippen molar-refractivity contribution in [1.29, 1.82) is 0 Å². The zero-order valence-electron chi connectivity index (χ0n) is 15.6. The van der Waals surface area contributed by atoms with Gasteiger partial charge >= 0.3 is 0 Å². The summed E-state index contributed by atoms with van der Waals surface area (Å²) in [7, 11) is 1.91. The maximum Gasteiger partial charge on any atom is 0.193 e. The average Bonchev–Trinajstić information content (AvgIpc) is 3.31. The van der Waals surface area contributed by atoms with Gasteiger partial charge in [-0.05, 0) is 37.5 Å². The lowest BCUT2D eigenvalue weighted by atomic mass is 9.86. The quantitative estimate of drug-likeness (QED) is 0.676. The number of fused-ring (bicyclic) bond motifs is 1. The van der Waals surface area contributed by atoms with Gasteiger partial charge in [0.15, 0.2) is 5.96 Å². The average molecular weight is 345 g/mol. The van der Waals surface area contributed by atoms with Gasteiger partial charge in [-0.3, -0.25) is 4.99 Å². The van der Waals surface area contributed by atoms with Gasteiger partial charge in [-0.15, -0.1) is 10.2 Å². The number of aromatic nitrogens is 3. The van der Waals surface area contributed by atoms with Gasteiger partial charge in [0.25, 0.3) is 0 Å². The number of likely N-dealkylation sites (tertiary alicyclic amines) is 1. The second-order valence-electron chi connectivity index (χ2n) is 8.10. The molecule has 1 aromatic rings. The SMILES string of the molecule is CN=C(NCCc1nnc2n1CCCCC2)N1CCC2(CCCC2)C1. The summed E-state index contributed by atoms with van der Waals surface area (Å²) < 4.78 is 2.35. The van der Waals surface area contributed by atoms with Crippen LogP contribution in [0.15, 0.2) is 4.99 Å². The molecule has 3 aliphatic rings. The van der Waals surface area contributed by atoms with Crippen molar-refractivity contribution < 1.29 is 0 Å². The standard InChI is InChI=1S/C19H32N6/c1-20-18(24-14-11-19(15-24)9-4-5-10-19)21-12-8-17-23-22-16-7-3-2-6-13-25(16)17/h2-15H2,1H3,(H,20,21). The van der Waals surface area contributed by atoms with Crippen LogP contribution in [0.1, 0.15) is 63.0 Å². The molecule has 6 nitrogen and oxygen atoms in total. The lowest BCUT2D eigenvalue weighted by molar-refractivity contribution is 0.309. The van der Waals surface area contributed by atoms with E-state index in [0.717, 1.165) is 44.3 Å². The Morgan fingerprint density at radius 2 is 1.96 bits per heavy atom. The van der Waals surface area contributed by atoms with Crippen molar-refractivity contribution in [1.82, 2.24) is 25.0 Å². The van der Waals surface area contributed by atoms with E-state index in [-0.39, 0.29) is 0 Å². The smallest absolute Gasteiger partial charge is 0.193 e. The van der Waals surface area contributed by atoms with E-state index < -0.39 is 0 Å². The van der Waals surface area contributed by atoms with Crippen molar-refractivity contribution in [3.63, 3.8) is 0 Å². The van der Waals surface area contributed by atoms with Gasteiger partial charge in [0, 0.05) is 46.1 Å². The normalized spacial score (nSPS) is 23.1. The molecular formula is C19H32N6. The largest absolute Gasteiger partial charge is 0.356 e. The van der Waals surface area contributed by atoms with Crippen LogP contribution in [0.2, 0.25) is 0 Å². The summed E-state index contributed by atoms with van der Waals surface area (Å²) in [5.74, 6) is 3.38. The number of aryl methyl sites for hydroxylation is 1. The predicted octanol–water partition coefficient (Wildman–Crippen LogP) is 2.39. The molecule has 1 N–H and O–H groups in total. The van der Waals surface area contributed by atoms with E-state index in [1.807, 2.05) is 7.05 Å². The number of rotatable bonds is 3. The summed E-state index contributed by atoms with van der Waals surface area (Å²) in [4.78, 5) is 7.00. The van der Waals surface area contributed by atoms with Gasteiger partial charge in [-0.25, -0.2) is 0 Å². The Kier molecular flexibility index (Phi) is 4.95. The van der Waals surface area contributed by atoms with E-state index in [9.17, 15) is 0 Å². The predicted molar refractivity (Wildman–Crippen MR) is 99.7 cm³/mol. The van der Waals surface area contributed by atoms with Crippen LogP contribution in [0, 0.1) is 5.41 Å². The Balaban J connectivity index is 1.31. The number of hydrogen-bond donors (Lipinski definition) is 1. The first-order chi connectivity index (χ1) is 12.3. The molecule has 25 heavy (non-hydrogen) atoms. The highest BCUT2D eigenvalue weighted by atomic mass is 15.3. The first kappa shape index (κ1) is 16.9. The van der Waals surface area contributed by atoms with Gasteiger partial charge in [0.05, 0.1) is 0 Å². The molecule has 1 aliphatic carbocycles. The molecule has 4 rings (SSSR count). The van der Waals surface area contributed by atoms with E-state index >= 15 is 0 Å². The molecule has 0 radical (unpaired) electrons. The second kappa shape index (κ2) is 7.34. The molecular weight excluding hydrogens is 312 g/mol. The third-order valence-corrected chi connectivity index (χ3v) is 6.43. The van der Waals surface area contributed by atoms with E-state index in [1.165, 1.54) is 63.7 Å². The molecule has 1 saturated carbocycles. The Labute approximate surface area is 151 Å². The molecule has 1 aromatic heterocycles. The highest BCUT2D eigenvalue weighted by molar-refractivity contribution is 5.80. The van der Waals surface area contributed by atoms with Gasteiger partial charge < -0.3 is 14.8 Å². The van der Waals surface area contributed by atoms with E-state index in [2.05, 4.69) is 30.0 Å². The van der Waals surface area contributed by atoms with Gasteiger partial charge in [0.2, 0.25) is 0 Å². The monoisotopic (exact) mass is 344 g/mol. The number of nitrogens with zero attached hydrogens (tertiary/aromatic N) is 5. The number of aliphatic imine (C=N–C) groups is 1. The third-order valence-electron chi connectivity index (χ3n) is 6.43. The Morgan fingerprint density at radius 1 is 1.08 bits per heavy atom. The molecule has 138 valence electrons. The van der Waals surface area contributed by atoms with Crippen molar-refractivity contribution in [2.45, 2.75) is 70.8 Å². The first-order valence-electron chi connectivity index (χ1n) is 10.2. The molecule has 2 fully saturated rings. The first-order valence-corrected chi connectivity index (χ1v) is 10.2. The minimum Gasteiger partial charge on any atom is -0.356 e.